The molecule has 112 valence electrons. The van der Waals surface area contributed by atoms with Gasteiger partial charge >= 0.3 is 0 Å². The van der Waals surface area contributed by atoms with Crippen LogP contribution in [0.5, 0.6) is 0 Å². The summed E-state index contributed by atoms with van der Waals surface area (Å²) in [5.41, 5.74) is 1.73. The molecule has 1 fully saturated rings. The molecule has 7 heteroatoms. The summed E-state index contributed by atoms with van der Waals surface area (Å²) in [6, 6.07) is 3.86. The van der Waals surface area contributed by atoms with E-state index in [1.54, 1.807) is 17.1 Å². The van der Waals surface area contributed by atoms with Gasteiger partial charge in [-0.3, -0.25) is 9.67 Å². The lowest BCUT2D eigenvalue weighted by molar-refractivity contribution is 0.122. The van der Waals surface area contributed by atoms with Gasteiger partial charge in [0.05, 0.1) is 24.8 Å². The highest BCUT2D eigenvalue weighted by molar-refractivity contribution is 5.88. The maximum Gasteiger partial charge on any atom is 0.165 e. The Morgan fingerprint density at radius 3 is 2.77 bits per heavy atom. The quantitative estimate of drug-likeness (QED) is 0.709. The summed E-state index contributed by atoms with van der Waals surface area (Å²) in [7, 11) is 1.89. The zero-order valence-electron chi connectivity index (χ0n) is 12.3. The molecule has 0 unspecified atom stereocenters. The molecule has 4 heterocycles. The topological polar surface area (TPSA) is 69.0 Å². The minimum absolute atomic E-state index is 0.672. The number of hydrogen-bond donors (Lipinski definition) is 0. The largest absolute Gasteiger partial charge is 0.378 e. The van der Waals surface area contributed by atoms with Crippen LogP contribution < -0.4 is 4.90 Å². The molecule has 4 rings (SSSR count). The molecule has 0 N–H and O–H groups in total. The van der Waals surface area contributed by atoms with Crippen LogP contribution >= 0.6 is 0 Å². The highest BCUT2D eigenvalue weighted by Gasteiger charge is 2.19. The van der Waals surface area contributed by atoms with Gasteiger partial charge in [0.2, 0.25) is 0 Å². The number of rotatable bonds is 2. The maximum absolute atomic E-state index is 5.44. The van der Waals surface area contributed by atoms with Gasteiger partial charge in [0.1, 0.15) is 5.82 Å². The highest BCUT2D eigenvalue weighted by atomic mass is 16.5. The third-order valence-corrected chi connectivity index (χ3v) is 3.80. The summed E-state index contributed by atoms with van der Waals surface area (Å²) < 4.78 is 7.22. The Labute approximate surface area is 127 Å². The predicted molar refractivity (Wildman–Crippen MR) is 82.6 cm³/mol. The highest BCUT2D eigenvalue weighted by Crippen LogP contribution is 2.27. The number of aromatic nitrogens is 5. The molecule has 0 aliphatic carbocycles. The summed E-state index contributed by atoms with van der Waals surface area (Å²) in [5, 5.41) is 5.30. The van der Waals surface area contributed by atoms with E-state index in [0.29, 0.717) is 19.0 Å². The summed E-state index contributed by atoms with van der Waals surface area (Å²) >= 11 is 0. The molecule has 3 aromatic rings. The minimum Gasteiger partial charge on any atom is -0.378 e. The second-order valence-electron chi connectivity index (χ2n) is 5.22. The Balaban J connectivity index is 1.90. The Morgan fingerprint density at radius 1 is 1.14 bits per heavy atom. The first-order valence-electron chi connectivity index (χ1n) is 7.26. The van der Waals surface area contributed by atoms with Crippen molar-refractivity contribution in [3.05, 3.63) is 30.7 Å². The summed E-state index contributed by atoms with van der Waals surface area (Å²) in [5.74, 6) is 1.59. The molecule has 1 aliphatic rings. The van der Waals surface area contributed by atoms with Crippen LogP contribution in [0.4, 0.5) is 5.82 Å². The number of nitrogens with zero attached hydrogens (tertiary/aromatic N) is 6. The van der Waals surface area contributed by atoms with Crippen molar-refractivity contribution in [3.63, 3.8) is 0 Å². The van der Waals surface area contributed by atoms with Crippen molar-refractivity contribution in [2.75, 3.05) is 31.2 Å². The molecule has 0 amide bonds. The average Bonchev–Trinajstić information content (AvgIpc) is 2.97. The average molecular weight is 296 g/mol. The van der Waals surface area contributed by atoms with E-state index in [0.717, 1.165) is 35.5 Å². The van der Waals surface area contributed by atoms with Gasteiger partial charge in [0.15, 0.2) is 11.5 Å². The van der Waals surface area contributed by atoms with Gasteiger partial charge in [-0.2, -0.15) is 5.10 Å². The molecular formula is C15H16N6O. The van der Waals surface area contributed by atoms with Crippen molar-refractivity contribution < 1.29 is 4.74 Å². The predicted octanol–water partition coefficient (Wildman–Crippen LogP) is 1.26. The van der Waals surface area contributed by atoms with Crippen molar-refractivity contribution in [2.24, 2.45) is 7.05 Å². The molecule has 7 nitrogen and oxygen atoms in total. The number of ether oxygens (including phenoxy) is 1. The Morgan fingerprint density at radius 2 is 2.00 bits per heavy atom. The van der Waals surface area contributed by atoms with Crippen LogP contribution in [0.3, 0.4) is 0 Å². The van der Waals surface area contributed by atoms with Crippen molar-refractivity contribution in [1.82, 2.24) is 24.7 Å². The van der Waals surface area contributed by atoms with Gasteiger partial charge in [-0.1, -0.05) is 0 Å². The van der Waals surface area contributed by atoms with Gasteiger partial charge in [0.25, 0.3) is 0 Å². The molecule has 0 bridgehead atoms. The lowest BCUT2D eigenvalue weighted by atomic mass is 10.2. The molecule has 0 spiro atoms. The summed E-state index contributed by atoms with van der Waals surface area (Å²) in [4.78, 5) is 15.8. The third-order valence-electron chi connectivity index (χ3n) is 3.80. The van der Waals surface area contributed by atoms with Crippen molar-refractivity contribution in [3.8, 4) is 11.4 Å². The fourth-order valence-electron chi connectivity index (χ4n) is 2.65. The van der Waals surface area contributed by atoms with Crippen molar-refractivity contribution >= 4 is 16.9 Å². The summed E-state index contributed by atoms with van der Waals surface area (Å²) in [6.45, 7) is 3.09. The van der Waals surface area contributed by atoms with Gasteiger partial charge in [0, 0.05) is 38.1 Å². The molecule has 3 aromatic heterocycles. The smallest absolute Gasteiger partial charge is 0.165 e. The lowest BCUT2D eigenvalue weighted by Gasteiger charge is -2.28. The molecule has 1 saturated heterocycles. The van der Waals surface area contributed by atoms with Crippen molar-refractivity contribution in [2.45, 2.75) is 0 Å². The molecule has 1 aliphatic heterocycles. The number of anilines is 1. The number of hydrogen-bond acceptors (Lipinski definition) is 6. The van der Waals surface area contributed by atoms with E-state index in [4.69, 9.17) is 9.72 Å². The van der Waals surface area contributed by atoms with Crippen LogP contribution in [0.2, 0.25) is 0 Å². The van der Waals surface area contributed by atoms with E-state index in [1.807, 2.05) is 25.4 Å². The summed E-state index contributed by atoms with van der Waals surface area (Å²) in [6.07, 6.45) is 5.35. The molecular weight excluding hydrogens is 280 g/mol. The molecule has 22 heavy (non-hydrogen) atoms. The zero-order chi connectivity index (χ0) is 14.9. The van der Waals surface area contributed by atoms with Crippen LogP contribution in [-0.2, 0) is 11.8 Å². The van der Waals surface area contributed by atoms with E-state index >= 15 is 0 Å². The van der Waals surface area contributed by atoms with E-state index in [1.165, 1.54) is 0 Å². The number of morpholine rings is 1. The van der Waals surface area contributed by atoms with Gasteiger partial charge in [-0.15, -0.1) is 0 Å². The minimum atomic E-state index is 0.672. The Hall–Kier alpha value is -2.54. The first-order chi connectivity index (χ1) is 10.8. The number of pyridine rings is 1. The van der Waals surface area contributed by atoms with E-state index < -0.39 is 0 Å². The standard InChI is InChI=1S/C15H16N6O/c1-20-14-12(10-17-20)15(21-5-7-22-8-6-21)19-13(18-14)11-3-2-4-16-9-11/h2-4,9-10H,5-8H2,1H3. The van der Waals surface area contributed by atoms with Crippen LogP contribution in [0.25, 0.3) is 22.4 Å². The normalized spacial score (nSPS) is 15.4. The second-order valence-corrected chi connectivity index (χ2v) is 5.22. The Bertz CT molecular complexity index is 794. The molecule has 0 radical (unpaired) electrons. The van der Waals surface area contributed by atoms with E-state index in [9.17, 15) is 0 Å². The maximum atomic E-state index is 5.44. The molecule has 0 atom stereocenters. The van der Waals surface area contributed by atoms with Gasteiger partial charge < -0.3 is 9.64 Å². The van der Waals surface area contributed by atoms with Crippen LogP contribution in [-0.4, -0.2) is 51.0 Å². The van der Waals surface area contributed by atoms with Crippen LogP contribution in [0.1, 0.15) is 0 Å². The number of fused-ring (bicyclic) bond motifs is 1. The second kappa shape index (κ2) is 5.34. The fraction of sp³-hybridized carbons (Fsp3) is 0.333. The first-order valence-corrected chi connectivity index (χ1v) is 7.26. The van der Waals surface area contributed by atoms with Gasteiger partial charge in [-0.05, 0) is 12.1 Å². The third kappa shape index (κ3) is 2.19. The first kappa shape index (κ1) is 13.1. The fourth-order valence-corrected chi connectivity index (χ4v) is 2.65. The van der Waals surface area contributed by atoms with Gasteiger partial charge in [-0.25, -0.2) is 9.97 Å². The van der Waals surface area contributed by atoms with E-state index in [2.05, 4.69) is 20.0 Å². The molecule has 0 saturated carbocycles. The van der Waals surface area contributed by atoms with Crippen LogP contribution in [0.15, 0.2) is 30.7 Å². The van der Waals surface area contributed by atoms with E-state index in [-0.39, 0.29) is 0 Å². The molecule has 0 aromatic carbocycles. The van der Waals surface area contributed by atoms with Crippen molar-refractivity contribution in [1.29, 1.82) is 0 Å². The Kier molecular flexibility index (Phi) is 3.19. The number of aryl methyl sites for hydroxylation is 1. The lowest BCUT2D eigenvalue weighted by Crippen LogP contribution is -2.37. The monoisotopic (exact) mass is 296 g/mol. The zero-order valence-corrected chi connectivity index (χ0v) is 12.3. The SMILES string of the molecule is Cn1ncc2c(N3CCOCC3)nc(-c3cccnc3)nc21. The van der Waals surface area contributed by atoms with Crippen LogP contribution in [0, 0.1) is 0 Å².